The number of para-hydroxylation sites is 2. The molecule has 1 aromatic heterocycles. The predicted molar refractivity (Wildman–Crippen MR) is 98.1 cm³/mol. The monoisotopic (exact) mass is 323 g/mol. The molecule has 1 N–H and O–H groups in total. The molecule has 0 radical (unpaired) electrons. The van der Waals surface area contributed by atoms with Gasteiger partial charge in [0.05, 0.1) is 17.6 Å². The van der Waals surface area contributed by atoms with Crippen molar-refractivity contribution in [2.75, 3.05) is 13.2 Å². The van der Waals surface area contributed by atoms with Crippen molar-refractivity contribution in [2.24, 2.45) is 12.5 Å². The highest BCUT2D eigenvalue weighted by molar-refractivity contribution is 5.76. The Balaban J connectivity index is 1.55. The summed E-state index contributed by atoms with van der Waals surface area (Å²) in [6.07, 6.45) is 0. The Morgan fingerprint density at radius 2 is 1.75 bits per heavy atom. The lowest BCUT2D eigenvalue weighted by Gasteiger charge is -2.25. The first-order valence-corrected chi connectivity index (χ1v) is 8.34. The fourth-order valence-corrected chi connectivity index (χ4v) is 2.70. The molecule has 0 saturated carbocycles. The summed E-state index contributed by atoms with van der Waals surface area (Å²) in [5.41, 5.74) is 3.37. The van der Waals surface area contributed by atoms with Crippen LogP contribution in [0.1, 0.15) is 19.4 Å². The molecular formula is C20H25N3O. The molecule has 0 bridgehead atoms. The van der Waals surface area contributed by atoms with Crippen LogP contribution in [0, 0.1) is 5.41 Å². The topological polar surface area (TPSA) is 39.1 Å². The van der Waals surface area contributed by atoms with Gasteiger partial charge in [0.2, 0.25) is 0 Å². The lowest BCUT2D eigenvalue weighted by Crippen LogP contribution is -2.34. The van der Waals surface area contributed by atoms with Crippen molar-refractivity contribution < 1.29 is 4.74 Å². The third-order valence-corrected chi connectivity index (χ3v) is 4.11. The molecule has 1 heterocycles. The van der Waals surface area contributed by atoms with Crippen LogP contribution in [-0.4, -0.2) is 22.7 Å². The quantitative estimate of drug-likeness (QED) is 0.719. The fourth-order valence-electron chi connectivity index (χ4n) is 2.70. The van der Waals surface area contributed by atoms with Crippen molar-refractivity contribution in [3.63, 3.8) is 0 Å². The average Bonchev–Trinajstić information content (AvgIpc) is 2.91. The van der Waals surface area contributed by atoms with Gasteiger partial charge in [-0.25, -0.2) is 0 Å². The highest BCUT2D eigenvalue weighted by Gasteiger charge is 2.20. The Kier molecular flexibility index (Phi) is 4.86. The largest absolute Gasteiger partial charge is 0.464 e. The van der Waals surface area contributed by atoms with Crippen LogP contribution in [0.4, 0.5) is 0 Å². The highest BCUT2D eigenvalue weighted by atomic mass is 16.5. The second kappa shape index (κ2) is 7.05. The molecule has 0 aliphatic rings. The van der Waals surface area contributed by atoms with Gasteiger partial charge in [-0.05, 0) is 17.7 Å². The standard InChI is InChI=1S/C20H25N3O/c1-20(2,14-21-13-16-9-5-4-6-10-16)15-24-19-22-17-11-7-8-12-18(17)23(19)3/h4-12,21H,13-15H2,1-3H3. The zero-order chi connectivity index (χ0) is 17.0. The molecule has 126 valence electrons. The van der Waals surface area contributed by atoms with Crippen LogP contribution < -0.4 is 10.1 Å². The lowest BCUT2D eigenvalue weighted by molar-refractivity contribution is 0.161. The molecule has 2 aromatic carbocycles. The summed E-state index contributed by atoms with van der Waals surface area (Å²) in [5.74, 6) is 0. The summed E-state index contributed by atoms with van der Waals surface area (Å²) in [6, 6.07) is 19.2. The fraction of sp³-hybridized carbons (Fsp3) is 0.350. The van der Waals surface area contributed by atoms with E-state index >= 15 is 0 Å². The number of nitrogens with one attached hydrogen (secondary N) is 1. The summed E-state index contributed by atoms with van der Waals surface area (Å²) < 4.78 is 8.00. The number of nitrogens with zero attached hydrogens (tertiary/aromatic N) is 2. The van der Waals surface area contributed by atoms with E-state index in [2.05, 4.69) is 54.5 Å². The van der Waals surface area contributed by atoms with Gasteiger partial charge < -0.3 is 10.1 Å². The number of aryl methyl sites for hydroxylation is 1. The normalized spacial score (nSPS) is 11.8. The van der Waals surface area contributed by atoms with E-state index in [9.17, 15) is 0 Å². The molecule has 3 rings (SSSR count). The zero-order valence-electron chi connectivity index (χ0n) is 14.6. The molecule has 4 nitrogen and oxygen atoms in total. The number of ether oxygens (including phenoxy) is 1. The summed E-state index contributed by atoms with van der Waals surface area (Å²) in [7, 11) is 1.99. The number of hydrogen-bond donors (Lipinski definition) is 1. The Morgan fingerprint density at radius 3 is 2.50 bits per heavy atom. The van der Waals surface area contributed by atoms with Crippen LogP contribution >= 0.6 is 0 Å². The third kappa shape index (κ3) is 3.95. The van der Waals surface area contributed by atoms with Crippen LogP contribution in [0.3, 0.4) is 0 Å². The Hall–Kier alpha value is -2.33. The van der Waals surface area contributed by atoms with E-state index in [1.807, 2.05) is 35.9 Å². The van der Waals surface area contributed by atoms with E-state index in [1.54, 1.807) is 0 Å². The average molecular weight is 323 g/mol. The van der Waals surface area contributed by atoms with Crippen LogP contribution in [-0.2, 0) is 13.6 Å². The molecule has 0 spiro atoms. The molecular weight excluding hydrogens is 298 g/mol. The number of aromatic nitrogens is 2. The third-order valence-electron chi connectivity index (χ3n) is 4.11. The first-order valence-electron chi connectivity index (χ1n) is 8.34. The Bertz CT molecular complexity index is 793. The van der Waals surface area contributed by atoms with Crippen molar-refractivity contribution in [3.8, 4) is 6.01 Å². The van der Waals surface area contributed by atoms with Gasteiger partial charge in [0, 0.05) is 25.6 Å². The number of rotatable bonds is 7. The molecule has 0 aliphatic heterocycles. The van der Waals surface area contributed by atoms with Crippen LogP contribution in [0.15, 0.2) is 54.6 Å². The van der Waals surface area contributed by atoms with E-state index < -0.39 is 0 Å². The lowest BCUT2D eigenvalue weighted by atomic mass is 9.95. The second-order valence-corrected chi connectivity index (χ2v) is 6.98. The maximum absolute atomic E-state index is 6.00. The van der Waals surface area contributed by atoms with Crippen LogP contribution in [0.5, 0.6) is 6.01 Å². The van der Waals surface area contributed by atoms with Crippen molar-refractivity contribution in [1.29, 1.82) is 0 Å². The minimum absolute atomic E-state index is 0.0207. The first-order chi connectivity index (χ1) is 11.6. The van der Waals surface area contributed by atoms with Crippen molar-refractivity contribution in [3.05, 3.63) is 60.2 Å². The molecule has 3 aromatic rings. The number of benzene rings is 2. The zero-order valence-corrected chi connectivity index (χ0v) is 14.6. The summed E-state index contributed by atoms with van der Waals surface area (Å²) in [5, 5.41) is 3.51. The van der Waals surface area contributed by atoms with E-state index in [0.717, 1.165) is 24.1 Å². The van der Waals surface area contributed by atoms with Crippen LogP contribution in [0.25, 0.3) is 11.0 Å². The molecule has 0 amide bonds. The first kappa shape index (κ1) is 16.5. The smallest absolute Gasteiger partial charge is 0.297 e. The van der Waals surface area contributed by atoms with Crippen molar-refractivity contribution >= 4 is 11.0 Å². The molecule has 4 heteroatoms. The summed E-state index contributed by atoms with van der Waals surface area (Å²) in [6.45, 7) is 6.77. The SMILES string of the molecule is Cn1c(OCC(C)(C)CNCc2ccccc2)nc2ccccc21. The number of hydrogen-bond acceptors (Lipinski definition) is 3. The van der Waals surface area contributed by atoms with Crippen LogP contribution in [0.2, 0.25) is 0 Å². The van der Waals surface area contributed by atoms with Gasteiger partial charge in [-0.1, -0.05) is 56.3 Å². The molecule has 0 aliphatic carbocycles. The van der Waals surface area contributed by atoms with Gasteiger partial charge in [-0.2, -0.15) is 4.98 Å². The molecule has 24 heavy (non-hydrogen) atoms. The van der Waals surface area contributed by atoms with E-state index in [4.69, 9.17) is 4.74 Å². The molecule has 0 unspecified atom stereocenters. The Morgan fingerprint density at radius 1 is 1.04 bits per heavy atom. The van der Waals surface area contributed by atoms with Gasteiger partial charge in [0.1, 0.15) is 0 Å². The van der Waals surface area contributed by atoms with E-state index in [1.165, 1.54) is 5.56 Å². The van der Waals surface area contributed by atoms with Gasteiger partial charge in [0.15, 0.2) is 0 Å². The Labute approximate surface area is 143 Å². The summed E-state index contributed by atoms with van der Waals surface area (Å²) >= 11 is 0. The minimum atomic E-state index is 0.0207. The molecule has 0 fully saturated rings. The predicted octanol–water partition coefficient (Wildman–Crippen LogP) is 3.77. The number of fused-ring (bicyclic) bond motifs is 1. The maximum atomic E-state index is 6.00. The second-order valence-electron chi connectivity index (χ2n) is 6.98. The van der Waals surface area contributed by atoms with Gasteiger partial charge >= 0.3 is 0 Å². The van der Waals surface area contributed by atoms with Crippen molar-refractivity contribution in [2.45, 2.75) is 20.4 Å². The molecule has 0 atom stereocenters. The van der Waals surface area contributed by atoms with Crippen molar-refractivity contribution in [1.82, 2.24) is 14.9 Å². The van der Waals surface area contributed by atoms with E-state index in [0.29, 0.717) is 12.6 Å². The van der Waals surface area contributed by atoms with Gasteiger partial charge in [-0.15, -0.1) is 0 Å². The maximum Gasteiger partial charge on any atom is 0.297 e. The molecule has 0 saturated heterocycles. The van der Waals surface area contributed by atoms with E-state index in [-0.39, 0.29) is 5.41 Å². The van der Waals surface area contributed by atoms with Gasteiger partial charge in [0.25, 0.3) is 6.01 Å². The number of imidazole rings is 1. The van der Waals surface area contributed by atoms with Gasteiger partial charge in [-0.3, -0.25) is 4.57 Å². The minimum Gasteiger partial charge on any atom is -0.464 e. The summed E-state index contributed by atoms with van der Waals surface area (Å²) in [4.78, 5) is 4.56. The highest BCUT2D eigenvalue weighted by Crippen LogP contribution is 2.22.